The predicted octanol–water partition coefficient (Wildman–Crippen LogP) is 3.87. The number of amides is 1. The van der Waals surface area contributed by atoms with E-state index in [9.17, 15) is 4.79 Å². The maximum Gasteiger partial charge on any atom is 0.290 e. The second kappa shape index (κ2) is 6.96. The molecule has 1 fully saturated rings. The summed E-state index contributed by atoms with van der Waals surface area (Å²) in [6.07, 6.45) is 0. The van der Waals surface area contributed by atoms with Gasteiger partial charge in [0.15, 0.2) is 5.76 Å². The highest BCUT2D eigenvalue weighted by Crippen LogP contribution is 2.29. The minimum absolute atomic E-state index is 0.0467. The van der Waals surface area contributed by atoms with Crippen LogP contribution in [-0.4, -0.2) is 47.0 Å². The molecule has 4 rings (SSSR count). The number of piperazine rings is 1. The molecule has 3 aromatic rings. The van der Waals surface area contributed by atoms with E-state index in [-0.39, 0.29) is 5.91 Å². The molecule has 0 atom stereocenters. The van der Waals surface area contributed by atoms with E-state index in [0.717, 1.165) is 51.4 Å². The van der Waals surface area contributed by atoms with Crippen molar-refractivity contribution in [1.82, 2.24) is 14.9 Å². The van der Waals surface area contributed by atoms with Crippen LogP contribution < -0.4 is 4.90 Å². The summed E-state index contributed by atoms with van der Waals surface area (Å²) in [5.74, 6) is 2.09. The number of aromatic nitrogens is 2. The van der Waals surface area contributed by atoms with E-state index in [0.29, 0.717) is 18.8 Å². The van der Waals surface area contributed by atoms with Gasteiger partial charge in [0, 0.05) is 53.4 Å². The molecule has 3 heterocycles. The first-order chi connectivity index (χ1) is 12.9. The zero-order valence-electron chi connectivity index (χ0n) is 15.6. The Morgan fingerprint density at radius 1 is 1.07 bits per heavy atom. The lowest BCUT2D eigenvalue weighted by Crippen LogP contribution is -2.49. The Bertz CT molecular complexity index is 1000. The molecule has 140 valence electrons. The van der Waals surface area contributed by atoms with E-state index in [1.54, 1.807) is 0 Å². The van der Waals surface area contributed by atoms with Crippen molar-refractivity contribution in [2.24, 2.45) is 0 Å². The number of rotatable bonds is 2. The van der Waals surface area contributed by atoms with Crippen LogP contribution in [0.2, 0.25) is 0 Å². The quantitative estimate of drug-likeness (QED) is 0.619. The maximum atomic E-state index is 13.0. The molecule has 0 aliphatic carbocycles. The molecule has 1 aliphatic heterocycles. The van der Waals surface area contributed by atoms with Crippen LogP contribution in [-0.2, 0) is 0 Å². The normalized spacial score (nSPS) is 14.8. The van der Waals surface area contributed by atoms with Crippen molar-refractivity contribution in [3.63, 3.8) is 0 Å². The van der Waals surface area contributed by atoms with Crippen molar-refractivity contribution in [1.29, 1.82) is 0 Å². The van der Waals surface area contributed by atoms with Crippen molar-refractivity contribution in [3.05, 3.63) is 51.6 Å². The number of benzene rings is 1. The smallest absolute Gasteiger partial charge is 0.290 e. The minimum atomic E-state index is -0.0467. The highest BCUT2D eigenvalue weighted by Gasteiger charge is 2.27. The molecule has 0 N–H and O–H groups in total. The van der Waals surface area contributed by atoms with Gasteiger partial charge in [-0.1, -0.05) is 15.9 Å². The molecule has 27 heavy (non-hydrogen) atoms. The Balaban J connectivity index is 1.51. The lowest BCUT2D eigenvalue weighted by atomic mass is 10.1. The summed E-state index contributed by atoms with van der Waals surface area (Å²) in [5, 5.41) is 0.971. The minimum Gasteiger partial charge on any atom is -0.451 e. The van der Waals surface area contributed by atoms with Gasteiger partial charge in [-0.2, -0.15) is 0 Å². The maximum absolute atomic E-state index is 13.0. The van der Waals surface area contributed by atoms with Gasteiger partial charge < -0.3 is 14.2 Å². The number of halogens is 1. The standard InChI is InChI=1S/C20H21BrN4O2/c1-12-10-18(23-14(3)22-12)24-6-8-25(9-7-24)20(26)19-13(2)16-11-15(21)4-5-17(16)27-19/h4-5,10-11H,6-9H2,1-3H3. The molecule has 1 saturated heterocycles. The molecule has 0 radical (unpaired) electrons. The van der Waals surface area contributed by atoms with Crippen LogP contribution in [0, 0.1) is 20.8 Å². The van der Waals surface area contributed by atoms with Crippen molar-refractivity contribution in [2.45, 2.75) is 20.8 Å². The molecular formula is C20H21BrN4O2. The van der Waals surface area contributed by atoms with E-state index in [4.69, 9.17) is 4.42 Å². The number of nitrogens with zero attached hydrogens (tertiary/aromatic N) is 4. The SMILES string of the molecule is Cc1cc(N2CCN(C(=O)c3oc4ccc(Br)cc4c3C)CC2)nc(C)n1. The van der Waals surface area contributed by atoms with Gasteiger partial charge in [0.25, 0.3) is 5.91 Å². The highest BCUT2D eigenvalue weighted by molar-refractivity contribution is 9.10. The zero-order valence-corrected chi connectivity index (χ0v) is 17.2. The van der Waals surface area contributed by atoms with Gasteiger partial charge in [0.05, 0.1) is 0 Å². The van der Waals surface area contributed by atoms with Crippen LogP contribution in [0.25, 0.3) is 11.0 Å². The Kier molecular flexibility index (Phi) is 4.63. The molecule has 2 aromatic heterocycles. The Hall–Kier alpha value is -2.41. The van der Waals surface area contributed by atoms with Gasteiger partial charge >= 0.3 is 0 Å². The molecular weight excluding hydrogens is 408 g/mol. The van der Waals surface area contributed by atoms with E-state index in [1.165, 1.54) is 0 Å². The largest absolute Gasteiger partial charge is 0.451 e. The second-order valence-corrected chi connectivity index (χ2v) is 7.81. The predicted molar refractivity (Wildman–Crippen MR) is 108 cm³/mol. The Morgan fingerprint density at radius 2 is 1.81 bits per heavy atom. The third-order valence-electron chi connectivity index (χ3n) is 4.94. The Morgan fingerprint density at radius 3 is 2.52 bits per heavy atom. The number of carbonyl (C=O) groups excluding carboxylic acids is 1. The van der Waals surface area contributed by atoms with Crippen LogP contribution in [0.15, 0.2) is 33.2 Å². The van der Waals surface area contributed by atoms with Gasteiger partial charge in [0.2, 0.25) is 0 Å². The summed E-state index contributed by atoms with van der Waals surface area (Å²) in [7, 11) is 0. The van der Waals surface area contributed by atoms with Gasteiger partial charge in [-0.05, 0) is 39.0 Å². The lowest BCUT2D eigenvalue weighted by Gasteiger charge is -2.35. The van der Waals surface area contributed by atoms with E-state index < -0.39 is 0 Å². The first-order valence-electron chi connectivity index (χ1n) is 8.97. The third kappa shape index (κ3) is 3.43. The average Bonchev–Trinajstić information content (AvgIpc) is 2.97. The third-order valence-corrected chi connectivity index (χ3v) is 5.43. The van der Waals surface area contributed by atoms with Crippen LogP contribution in [0.3, 0.4) is 0 Å². The van der Waals surface area contributed by atoms with Gasteiger partial charge in [-0.3, -0.25) is 4.79 Å². The number of carbonyl (C=O) groups is 1. The summed E-state index contributed by atoms with van der Waals surface area (Å²) >= 11 is 3.48. The first-order valence-corrected chi connectivity index (χ1v) is 9.77. The summed E-state index contributed by atoms with van der Waals surface area (Å²) in [6, 6.07) is 7.79. The molecule has 1 aromatic carbocycles. The summed E-state index contributed by atoms with van der Waals surface area (Å²) in [6.45, 7) is 8.58. The molecule has 0 unspecified atom stereocenters. The first kappa shape index (κ1) is 18.0. The number of aryl methyl sites for hydroxylation is 3. The van der Waals surface area contributed by atoms with E-state index in [1.807, 2.05) is 49.9 Å². The van der Waals surface area contributed by atoms with Crippen molar-refractivity contribution < 1.29 is 9.21 Å². The topological polar surface area (TPSA) is 62.5 Å². The Labute approximate surface area is 166 Å². The fourth-order valence-corrected chi connectivity index (χ4v) is 3.90. The molecule has 7 heteroatoms. The number of hydrogen-bond donors (Lipinski definition) is 0. The molecule has 0 bridgehead atoms. The molecule has 6 nitrogen and oxygen atoms in total. The van der Waals surface area contributed by atoms with Gasteiger partial charge in [0.1, 0.15) is 17.2 Å². The van der Waals surface area contributed by atoms with Crippen LogP contribution >= 0.6 is 15.9 Å². The van der Waals surface area contributed by atoms with Gasteiger partial charge in [-0.15, -0.1) is 0 Å². The number of hydrogen-bond acceptors (Lipinski definition) is 5. The fraction of sp³-hybridized carbons (Fsp3) is 0.350. The van der Waals surface area contributed by atoms with Crippen LogP contribution in [0.4, 0.5) is 5.82 Å². The van der Waals surface area contributed by atoms with Crippen LogP contribution in [0.5, 0.6) is 0 Å². The van der Waals surface area contributed by atoms with Gasteiger partial charge in [-0.25, -0.2) is 9.97 Å². The average molecular weight is 429 g/mol. The highest BCUT2D eigenvalue weighted by atomic mass is 79.9. The van der Waals surface area contributed by atoms with E-state index >= 15 is 0 Å². The van der Waals surface area contributed by atoms with Crippen molar-refractivity contribution >= 4 is 38.6 Å². The lowest BCUT2D eigenvalue weighted by molar-refractivity contribution is 0.0716. The summed E-state index contributed by atoms with van der Waals surface area (Å²) in [5.41, 5.74) is 2.59. The summed E-state index contributed by atoms with van der Waals surface area (Å²) in [4.78, 5) is 25.9. The van der Waals surface area contributed by atoms with Crippen molar-refractivity contribution in [2.75, 3.05) is 31.1 Å². The second-order valence-electron chi connectivity index (χ2n) is 6.89. The molecule has 0 spiro atoms. The van der Waals surface area contributed by atoms with Crippen molar-refractivity contribution in [3.8, 4) is 0 Å². The zero-order chi connectivity index (χ0) is 19.1. The number of furan rings is 1. The fourth-order valence-electron chi connectivity index (χ4n) is 3.54. The van der Waals surface area contributed by atoms with Crippen LogP contribution in [0.1, 0.15) is 27.6 Å². The molecule has 1 aliphatic rings. The van der Waals surface area contributed by atoms with E-state index in [2.05, 4.69) is 30.8 Å². The monoisotopic (exact) mass is 428 g/mol. The molecule has 0 saturated carbocycles. The number of anilines is 1. The number of fused-ring (bicyclic) bond motifs is 1. The summed E-state index contributed by atoms with van der Waals surface area (Å²) < 4.78 is 6.84. The molecule has 1 amide bonds.